The van der Waals surface area contributed by atoms with Crippen molar-refractivity contribution >= 4 is 11.8 Å². The minimum Gasteiger partial charge on any atom is -0.451 e. The summed E-state index contributed by atoms with van der Waals surface area (Å²) >= 11 is 0. The molecule has 3 aliphatic rings. The van der Waals surface area contributed by atoms with Gasteiger partial charge in [0, 0.05) is 56.3 Å². The standard InChI is InChI=1S/C16H23NO4/c1-11-14(12(2)18)16(21-15(11)19)5-7-17(8-6-16)13-3-9-20-10-4-13/h13H,3-10H2,1-2H3. The van der Waals surface area contributed by atoms with Gasteiger partial charge < -0.3 is 9.47 Å². The summed E-state index contributed by atoms with van der Waals surface area (Å²) in [7, 11) is 0. The van der Waals surface area contributed by atoms with Gasteiger partial charge in [-0.2, -0.15) is 0 Å². The summed E-state index contributed by atoms with van der Waals surface area (Å²) < 4.78 is 11.0. The smallest absolute Gasteiger partial charge is 0.335 e. The lowest BCUT2D eigenvalue weighted by Crippen LogP contribution is -2.51. The molecule has 2 saturated heterocycles. The zero-order chi connectivity index (χ0) is 15.0. The Kier molecular flexibility index (Phi) is 3.88. The first kappa shape index (κ1) is 14.7. The quantitative estimate of drug-likeness (QED) is 0.722. The van der Waals surface area contributed by atoms with Crippen molar-refractivity contribution < 1.29 is 19.1 Å². The van der Waals surface area contributed by atoms with Crippen LogP contribution < -0.4 is 0 Å². The predicted octanol–water partition coefficient (Wildman–Crippen LogP) is 1.46. The van der Waals surface area contributed by atoms with E-state index in [9.17, 15) is 9.59 Å². The Bertz CT molecular complexity index is 483. The maximum absolute atomic E-state index is 11.9. The van der Waals surface area contributed by atoms with Gasteiger partial charge in [-0.05, 0) is 26.7 Å². The fourth-order valence-electron chi connectivity index (χ4n) is 3.99. The number of ketones is 1. The number of rotatable bonds is 2. The van der Waals surface area contributed by atoms with Crippen molar-refractivity contribution in [2.45, 2.75) is 51.2 Å². The van der Waals surface area contributed by atoms with Crippen LogP contribution in [0.2, 0.25) is 0 Å². The third-order valence-electron chi connectivity index (χ3n) is 5.09. The lowest BCUT2D eigenvalue weighted by atomic mass is 9.81. The second-order valence-corrected chi connectivity index (χ2v) is 6.32. The minimum atomic E-state index is -0.658. The topological polar surface area (TPSA) is 55.8 Å². The first-order valence-corrected chi connectivity index (χ1v) is 7.81. The van der Waals surface area contributed by atoms with Crippen molar-refractivity contribution in [1.82, 2.24) is 4.90 Å². The van der Waals surface area contributed by atoms with Crippen LogP contribution in [0.25, 0.3) is 0 Å². The van der Waals surface area contributed by atoms with E-state index in [0.29, 0.717) is 17.2 Å². The Labute approximate surface area is 125 Å². The lowest BCUT2D eigenvalue weighted by Gasteiger charge is -2.43. The molecule has 0 unspecified atom stereocenters. The SMILES string of the molecule is CC(=O)C1=C(C)C(=O)OC12CCN(C1CCOCC1)CC2. The molecule has 2 fully saturated rings. The second kappa shape index (κ2) is 5.54. The fraction of sp³-hybridized carbons (Fsp3) is 0.750. The van der Waals surface area contributed by atoms with Gasteiger partial charge in [0.05, 0.1) is 0 Å². The first-order chi connectivity index (χ1) is 10.0. The van der Waals surface area contributed by atoms with E-state index in [1.54, 1.807) is 6.92 Å². The monoisotopic (exact) mass is 293 g/mol. The van der Waals surface area contributed by atoms with Gasteiger partial charge in [0.25, 0.3) is 0 Å². The molecule has 0 aliphatic carbocycles. The molecule has 0 atom stereocenters. The van der Waals surface area contributed by atoms with Crippen LogP contribution in [-0.4, -0.2) is 54.6 Å². The Morgan fingerprint density at radius 3 is 2.43 bits per heavy atom. The molecule has 0 radical (unpaired) electrons. The van der Waals surface area contributed by atoms with Crippen molar-refractivity contribution in [3.63, 3.8) is 0 Å². The number of esters is 1. The third-order valence-corrected chi connectivity index (χ3v) is 5.09. The van der Waals surface area contributed by atoms with Crippen molar-refractivity contribution in [2.24, 2.45) is 0 Å². The van der Waals surface area contributed by atoms with Crippen molar-refractivity contribution in [1.29, 1.82) is 0 Å². The van der Waals surface area contributed by atoms with Crippen LogP contribution >= 0.6 is 0 Å². The van der Waals surface area contributed by atoms with Gasteiger partial charge >= 0.3 is 5.97 Å². The van der Waals surface area contributed by atoms with E-state index in [1.165, 1.54) is 6.92 Å². The first-order valence-electron chi connectivity index (χ1n) is 7.81. The summed E-state index contributed by atoms with van der Waals surface area (Å²) in [5.74, 6) is -0.349. The largest absolute Gasteiger partial charge is 0.451 e. The number of piperidine rings is 1. The summed E-state index contributed by atoms with van der Waals surface area (Å²) in [5.41, 5.74) is 0.454. The normalized spacial score (nSPS) is 27.2. The average Bonchev–Trinajstić information content (AvgIpc) is 2.72. The number of likely N-dealkylation sites (tertiary alicyclic amines) is 1. The van der Waals surface area contributed by atoms with Gasteiger partial charge in [0.1, 0.15) is 5.60 Å². The molecule has 0 aromatic heterocycles. The average molecular weight is 293 g/mol. The number of Topliss-reactive ketones (excluding diaryl/α,β-unsaturated/α-hetero) is 1. The lowest BCUT2D eigenvalue weighted by molar-refractivity contribution is -0.151. The number of hydrogen-bond donors (Lipinski definition) is 0. The second-order valence-electron chi connectivity index (χ2n) is 6.32. The molecule has 3 rings (SSSR count). The molecule has 0 bridgehead atoms. The van der Waals surface area contributed by atoms with E-state index < -0.39 is 5.60 Å². The summed E-state index contributed by atoms with van der Waals surface area (Å²) in [6, 6.07) is 0.569. The highest BCUT2D eigenvalue weighted by atomic mass is 16.6. The van der Waals surface area contributed by atoms with Crippen molar-refractivity contribution in [3.8, 4) is 0 Å². The van der Waals surface area contributed by atoms with Gasteiger partial charge in [-0.3, -0.25) is 9.69 Å². The van der Waals surface area contributed by atoms with E-state index >= 15 is 0 Å². The van der Waals surface area contributed by atoms with E-state index in [4.69, 9.17) is 9.47 Å². The van der Waals surface area contributed by atoms with Gasteiger partial charge in [-0.1, -0.05) is 0 Å². The van der Waals surface area contributed by atoms with Crippen molar-refractivity contribution in [2.75, 3.05) is 26.3 Å². The van der Waals surface area contributed by atoms with Crippen LogP contribution in [0.1, 0.15) is 39.5 Å². The van der Waals surface area contributed by atoms with Crippen LogP contribution in [0, 0.1) is 0 Å². The van der Waals surface area contributed by atoms with Crippen LogP contribution in [-0.2, 0) is 19.1 Å². The summed E-state index contributed by atoms with van der Waals surface area (Å²) in [6.07, 6.45) is 3.59. The highest BCUT2D eigenvalue weighted by Gasteiger charge is 2.50. The number of carbonyl (C=O) groups excluding carboxylic acids is 2. The van der Waals surface area contributed by atoms with Crippen LogP contribution in [0.3, 0.4) is 0 Å². The molecule has 21 heavy (non-hydrogen) atoms. The molecule has 3 aliphatic heterocycles. The molecule has 1 spiro atoms. The molecule has 5 nitrogen and oxygen atoms in total. The Morgan fingerprint density at radius 2 is 1.86 bits per heavy atom. The molecular formula is C16H23NO4. The third kappa shape index (κ3) is 2.53. The van der Waals surface area contributed by atoms with Crippen molar-refractivity contribution in [3.05, 3.63) is 11.1 Å². The zero-order valence-electron chi connectivity index (χ0n) is 12.8. The fourth-order valence-corrected chi connectivity index (χ4v) is 3.99. The highest BCUT2D eigenvalue weighted by Crippen LogP contribution is 2.41. The number of ether oxygens (including phenoxy) is 2. The number of carbonyl (C=O) groups is 2. The molecular weight excluding hydrogens is 270 g/mol. The van der Waals surface area contributed by atoms with E-state index in [2.05, 4.69) is 4.90 Å². The van der Waals surface area contributed by atoms with E-state index in [-0.39, 0.29) is 11.8 Å². The van der Waals surface area contributed by atoms with Crippen LogP contribution in [0.4, 0.5) is 0 Å². The molecule has 5 heteroatoms. The molecule has 116 valence electrons. The Morgan fingerprint density at radius 1 is 1.24 bits per heavy atom. The molecule has 0 saturated carbocycles. The maximum Gasteiger partial charge on any atom is 0.335 e. The predicted molar refractivity (Wildman–Crippen MR) is 76.9 cm³/mol. The van der Waals surface area contributed by atoms with Gasteiger partial charge in [-0.15, -0.1) is 0 Å². The molecule has 0 aromatic carbocycles. The molecule has 0 aromatic rings. The Hall–Kier alpha value is -1.20. The molecule has 0 amide bonds. The summed E-state index contributed by atoms with van der Waals surface area (Å²) in [6.45, 7) is 6.66. The maximum atomic E-state index is 11.9. The van der Waals surface area contributed by atoms with Gasteiger partial charge in [-0.25, -0.2) is 4.79 Å². The highest BCUT2D eigenvalue weighted by molar-refractivity contribution is 6.07. The number of nitrogens with zero attached hydrogens (tertiary/aromatic N) is 1. The van der Waals surface area contributed by atoms with E-state index in [1.807, 2.05) is 0 Å². The van der Waals surface area contributed by atoms with Gasteiger partial charge in [0.15, 0.2) is 5.78 Å². The summed E-state index contributed by atoms with van der Waals surface area (Å²) in [4.78, 5) is 26.3. The van der Waals surface area contributed by atoms with Crippen LogP contribution in [0.15, 0.2) is 11.1 Å². The number of hydrogen-bond acceptors (Lipinski definition) is 5. The minimum absolute atomic E-state index is 0.0298. The zero-order valence-corrected chi connectivity index (χ0v) is 12.8. The van der Waals surface area contributed by atoms with E-state index in [0.717, 1.165) is 52.0 Å². The Balaban J connectivity index is 1.72. The van der Waals surface area contributed by atoms with Gasteiger partial charge in [0.2, 0.25) is 0 Å². The summed E-state index contributed by atoms with van der Waals surface area (Å²) in [5, 5.41) is 0. The molecule has 3 heterocycles. The molecule has 0 N–H and O–H groups in total. The van der Waals surface area contributed by atoms with Crippen LogP contribution in [0.5, 0.6) is 0 Å².